The third kappa shape index (κ3) is 7.35. The lowest BCUT2D eigenvalue weighted by Gasteiger charge is -2.11. The molecule has 5 aromatic carbocycles. The Hall–Kier alpha value is -7.15. The number of sulfonamides is 1. The summed E-state index contributed by atoms with van der Waals surface area (Å²) in [6.07, 6.45) is 0. The average Bonchev–Trinajstić information content (AvgIpc) is 3.97. The third-order valence-electron chi connectivity index (χ3n) is 10.6. The molecule has 0 fully saturated rings. The number of hydrogen-bond acceptors (Lipinski definition) is 16. The van der Waals surface area contributed by atoms with Gasteiger partial charge in [0.15, 0.2) is 23.3 Å². The summed E-state index contributed by atoms with van der Waals surface area (Å²) in [5.41, 5.74) is -1.89. The summed E-state index contributed by atoms with van der Waals surface area (Å²) < 4.78 is 173. The fraction of sp³-hybridized carbons (Fsp3) is 0.0256. The van der Waals surface area contributed by atoms with Crippen LogP contribution in [-0.4, -0.2) is 100 Å². The average molecular weight is 1000 g/mol. The number of aromatic amines is 2. The van der Waals surface area contributed by atoms with Crippen LogP contribution in [0.5, 0.6) is 0 Å². The first kappa shape index (κ1) is 43.7. The minimum absolute atomic E-state index is 0.000377. The van der Waals surface area contributed by atoms with Gasteiger partial charge < -0.3 is 9.97 Å². The Kier molecular flexibility index (Phi) is 9.58. The van der Waals surface area contributed by atoms with Crippen LogP contribution in [0.1, 0.15) is 5.56 Å². The molecule has 0 saturated carbocycles. The second kappa shape index (κ2) is 14.7. The van der Waals surface area contributed by atoms with E-state index in [2.05, 4.69) is 44.6 Å². The van der Waals surface area contributed by atoms with Gasteiger partial charge in [0.2, 0.25) is 0 Å². The molecule has 0 unspecified atom stereocenters. The van der Waals surface area contributed by atoms with Crippen LogP contribution >= 0.6 is 0 Å². The topological polar surface area (TPSA) is 373 Å². The van der Waals surface area contributed by atoms with Gasteiger partial charge in [0.05, 0.1) is 20.9 Å². The molecule has 2 aliphatic heterocycles. The fourth-order valence-corrected chi connectivity index (χ4v) is 12.1. The van der Waals surface area contributed by atoms with E-state index in [1.54, 1.807) is 0 Å². The Morgan fingerprint density at radius 1 is 0.433 bits per heavy atom. The monoisotopic (exact) mass is 1000 g/mol. The van der Waals surface area contributed by atoms with Crippen molar-refractivity contribution >= 4 is 100 Å². The zero-order valence-corrected chi connectivity index (χ0v) is 37.3. The van der Waals surface area contributed by atoms with Crippen molar-refractivity contribution in [3.63, 3.8) is 0 Å². The number of nitrogens with zero attached hydrogens (tertiary/aromatic N) is 6. The first-order valence-electron chi connectivity index (χ1n) is 18.8. The summed E-state index contributed by atoms with van der Waals surface area (Å²) in [5, 5.41) is -0.463. The van der Waals surface area contributed by atoms with E-state index < -0.39 is 86.6 Å². The van der Waals surface area contributed by atoms with Crippen LogP contribution in [0.25, 0.3) is 89.7 Å². The summed E-state index contributed by atoms with van der Waals surface area (Å²) in [4.78, 5) is 30.2. The van der Waals surface area contributed by atoms with Gasteiger partial charge in [-0.1, -0.05) is 48.5 Å². The number of benzene rings is 5. The number of fused-ring (bicyclic) bond motifs is 20. The van der Waals surface area contributed by atoms with Gasteiger partial charge in [-0.15, -0.1) is 0 Å². The van der Waals surface area contributed by atoms with Crippen LogP contribution in [0.15, 0.2) is 115 Å². The molecule has 5 heterocycles. The normalized spacial score (nSPS) is 13.1. The zero-order valence-electron chi connectivity index (χ0n) is 33.3. The SMILES string of the molecule is Cc1cc(NS(=O)(=O)c2cccc3c4nc5nc(nc6[nH]c(nc7nc(nc([nH]4)c23)-c2cccc(S(=O)(=O)O)c2-7)c2cccc(S(=O)(=O)O)c62)-c2cccc(S(=O)(=O)O)c2-5)ccc1S(=O)(=O)O. The van der Waals surface area contributed by atoms with Crippen LogP contribution in [-0.2, 0) is 50.5 Å². The Morgan fingerprint density at radius 2 is 0.836 bits per heavy atom. The lowest BCUT2D eigenvalue weighted by Crippen LogP contribution is -2.14. The van der Waals surface area contributed by atoms with Gasteiger partial charge in [-0.25, -0.2) is 38.3 Å². The molecule has 7 N–H and O–H groups in total. The Morgan fingerprint density at radius 3 is 1.28 bits per heavy atom. The molecule has 3 aromatic heterocycles. The molecular formula is C39H25N9O14S5. The first-order chi connectivity index (χ1) is 31.4. The van der Waals surface area contributed by atoms with E-state index in [9.17, 15) is 60.3 Å². The number of aromatic nitrogens is 8. The molecule has 23 nitrogen and oxygen atoms in total. The van der Waals surface area contributed by atoms with Crippen molar-refractivity contribution in [2.24, 2.45) is 0 Å². The second-order valence-electron chi connectivity index (χ2n) is 14.8. The van der Waals surface area contributed by atoms with Crippen molar-refractivity contribution in [2.75, 3.05) is 4.72 Å². The van der Waals surface area contributed by atoms with E-state index >= 15 is 0 Å². The molecule has 8 aromatic rings. The summed E-state index contributed by atoms with van der Waals surface area (Å²) in [6.45, 7) is 1.33. The maximum atomic E-state index is 14.4. The summed E-state index contributed by atoms with van der Waals surface area (Å²) >= 11 is 0. The molecular weight excluding hydrogens is 979 g/mol. The molecule has 8 bridgehead atoms. The van der Waals surface area contributed by atoms with Crippen LogP contribution in [0.3, 0.4) is 0 Å². The molecule has 0 amide bonds. The largest absolute Gasteiger partial charge is 0.324 e. The molecule has 28 heteroatoms. The first-order valence-corrected chi connectivity index (χ1v) is 26.0. The molecule has 0 atom stereocenters. The molecule has 67 heavy (non-hydrogen) atoms. The quantitative estimate of drug-likeness (QED) is 0.104. The maximum Gasteiger partial charge on any atom is 0.295 e. The van der Waals surface area contributed by atoms with Crippen molar-refractivity contribution in [2.45, 2.75) is 31.4 Å². The van der Waals surface area contributed by atoms with Crippen LogP contribution in [0, 0.1) is 6.92 Å². The molecule has 10 rings (SSSR count). The molecule has 0 saturated heterocycles. The minimum Gasteiger partial charge on any atom is -0.324 e. The third-order valence-corrected chi connectivity index (χ3v) is 15.7. The van der Waals surface area contributed by atoms with Crippen molar-refractivity contribution in [3.05, 3.63) is 96.6 Å². The lowest BCUT2D eigenvalue weighted by atomic mass is 10.1. The number of anilines is 1. The van der Waals surface area contributed by atoms with Gasteiger partial charge in [-0.2, -0.15) is 33.7 Å². The van der Waals surface area contributed by atoms with E-state index in [1.165, 1.54) is 61.5 Å². The highest BCUT2D eigenvalue weighted by Gasteiger charge is 2.32. The van der Waals surface area contributed by atoms with Crippen molar-refractivity contribution < 1.29 is 60.3 Å². The van der Waals surface area contributed by atoms with Gasteiger partial charge >= 0.3 is 0 Å². The maximum absolute atomic E-state index is 14.4. The molecule has 2 aliphatic rings. The van der Waals surface area contributed by atoms with Crippen molar-refractivity contribution in [1.82, 2.24) is 39.9 Å². The number of H-pyrrole nitrogens is 2. The molecule has 0 radical (unpaired) electrons. The highest BCUT2D eigenvalue weighted by Crippen LogP contribution is 2.42. The molecule has 0 spiro atoms. The second-order valence-corrected chi connectivity index (χ2v) is 22.0. The Bertz CT molecular complexity index is 4310. The van der Waals surface area contributed by atoms with Crippen LogP contribution in [0.4, 0.5) is 5.69 Å². The predicted octanol–water partition coefficient (Wildman–Crippen LogP) is 4.97. The smallest absolute Gasteiger partial charge is 0.295 e. The van der Waals surface area contributed by atoms with Gasteiger partial charge in [0, 0.05) is 38.4 Å². The zero-order chi connectivity index (χ0) is 47.7. The van der Waals surface area contributed by atoms with Crippen LogP contribution in [0.2, 0.25) is 0 Å². The predicted molar refractivity (Wildman–Crippen MR) is 237 cm³/mol. The standard InChI is InChI=1S/C39H25N9O14S5/c1-17-16-18(14-15-23(17)64(51,52)53)48-63(49,50)24-10-2-6-19-28(24)36-40-32(19)42-37-30-21(8-4-12-26(30)66(57,58)59)34(44-37)46-39-31-22(9-5-13-27(31)67(60,61)62)35(47-39)45-38-29-20(33(41-36)43-38)7-3-11-25(29)65(54,55)56/h2-16,48H,1H3,(H,51,52,53)(H,54,55,56)(H,57,58,59)(H,60,61,62)(H2,40,41,42,43,44,45,46,47). The van der Waals surface area contributed by atoms with E-state index in [1.807, 2.05) is 0 Å². The summed E-state index contributed by atoms with van der Waals surface area (Å²) in [5.74, 6) is -1.47. The minimum atomic E-state index is -5.04. The van der Waals surface area contributed by atoms with E-state index in [-0.39, 0.29) is 89.3 Å². The summed E-state index contributed by atoms with van der Waals surface area (Å²) in [7, 11) is -24.5. The number of aryl methyl sites for hydroxylation is 1. The fourth-order valence-electron chi connectivity index (χ4n) is 7.94. The number of rotatable bonds is 7. The highest BCUT2D eigenvalue weighted by atomic mass is 32.2. The van der Waals surface area contributed by atoms with Crippen molar-refractivity contribution in [3.8, 4) is 45.6 Å². The van der Waals surface area contributed by atoms with Gasteiger partial charge in [0.1, 0.15) is 37.3 Å². The summed E-state index contributed by atoms with van der Waals surface area (Å²) in [6, 6.07) is 18.3. The molecule has 0 aliphatic carbocycles. The van der Waals surface area contributed by atoms with E-state index in [0.717, 1.165) is 36.4 Å². The Balaban J connectivity index is 1.39. The van der Waals surface area contributed by atoms with E-state index in [0.29, 0.717) is 0 Å². The van der Waals surface area contributed by atoms with Crippen LogP contribution < -0.4 is 4.72 Å². The Labute approximate surface area is 376 Å². The van der Waals surface area contributed by atoms with E-state index in [4.69, 9.17) is 0 Å². The van der Waals surface area contributed by atoms with Crippen molar-refractivity contribution in [1.29, 1.82) is 0 Å². The molecule has 340 valence electrons. The van der Waals surface area contributed by atoms with Gasteiger partial charge in [-0.05, 0) is 55.0 Å². The number of hydrogen-bond donors (Lipinski definition) is 7. The number of nitrogens with one attached hydrogen (secondary N) is 3. The van der Waals surface area contributed by atoms with Gasteiger partial charge in [-0.3, -0.25) is 22.9 Å². The lowest BCUT2D eigenvalue weighted by molar-refractivity contribution is 0.480. The highest BCUT2D eigenvalue weighted by molar-refractivity contribution is 7.93. The van der Waals surface area contributed by atoms with Gasteiger partial charge in [0.25, 0.3) is 50.5 Å².